The van der Waals surface area contributed by atoms with E-state index >= 15 is 0 Å². The lowest BCUT2D eigenvalue weighted by Crippen LogP contribution is -2.35. The second-order valence-electron chi connectivity index (χ2n) is 9.31. The Hall–Kier alpha value is -2.47. The van der Waals surface area contributed by atoms with Crippen LogP contribution in [0.5, 0.6) is 0 Å². The molecule has 2 aliphatic rings. The number of fused-ring (bicyclic) bond motifs is 3. The highest BCUT2D eigenvalue weighted by atomic mass is 32.2. The number of likely N-dealkylation sites (tertiary alicyclic amines) is 1. The molecule has 4 nitrogen and oxygen atoms in total. The van der Waals surface area contributed by atoms with Crippen LogP contribution in [0.1, 0.15) is 33.7 Å². The minimum Gasteiger partial charge on any atom is -0.298 e. The first kappa shape index (κ1) is 21.4. The van der Waals surface area contributed by atoms with Crippen LogP contribution < -0.4 is 0 Å². The van der Waals surface area contributed by atoms with Gasteiger partial charge < -0.3 is 0 Å². The van der Waals surface area contributed by atoms with Gasteiger partial charge in [-0.2, -0.15) is 4.31 Å². The minimum atomic E-state index is -3.58. The highest BCUT2D eigenvalue weighted by molar-refractivity contribution is 7.89. The zero-order valence-corrected chi connectivity index (χ0v) is 19.6. The van der Waals surface area contributed by atoms with Crippen LogP contribution in [0.25, 0.3) is 0 Å². The van der Waals surface area contributed by atoms with Crippen LogP contribution in [0.2, 0.25) is 0 Å². The zero-order chi connectivity index (χ0) is 22.3. The monoisotopic (exact) mass is 446 g/mol. The van der Waals surface area contributed by atoms with E-state index in [1.165, 1.54) is 11.1 Å². The first-order valence-electron chi connectivity index (χ1n) is 11.3. The third-order valence-electron chi connectivity index (χ3n) is 6.97. The third-order valence-corrected chi connectivity index (χ3v) is 8.92. The smallest absolute Gasteiger partial charge is 0.243 e. The fraction of sp³-hybridized carbons (Fsp3) is 0.333. The van der Waals surface area contributed by atoms with Crippen molar-refractivity contribution in [3.63, 3.8) is 0 Å². The van der Waals surface area contributed by atoms with Crippen molar-refractivity contribution in [2.75, 3.05) is 19.6 Å². The second-order valence-corrected chi connectivity index (χ2v) is 11.2. The summed E-state index contributed by atoms with van der Waals surface area (Å²) in [4.78, 5) is 2.92. The molecule has 1 saturated heterocycles. The Labute approximate surface area is 191 Å². The van der Waals surface area contributed by atoms with Gasteiger partial charge in [0.25, 0.3) is 0 Å². The maximum Gasteiger partial charge on any atom is 0.243 e. The normalized spacial score (nSPS) is 21.7. The number of hydrogen-bond donors (Lipinski definition) is 0. The van der Waals surface area contributed by atoms with E-state index < -0.39 is 10.0 Å². The Morgan fingerprint density at radius 3 is 2.44 bits per heavy atom. The summed E-state index contributed by atoms with van der Waals surface area (Å²) in [5.41, 5.74) is 5.53. The molecule has 2 atom stereocenters. The van der Waals surface area contributed by atoms with E-state index in [4.69, 9.17) is 0 Å². The van der Waals surface area contributed by atoms with E-state index in [2.05, 4.69) is 47.4 Å². The SMILES string of the molecule is Cc1ccc(C)c(S(=O)(=O)N2Cc3ccccc3[C@@H]3CN(Cc4ccccc4)C[C@H]3C2)c1. The molecule has 0 N–H and O–H groups in total. The fourth-order valence-electron chi connectivity index (χ4n) is 5.33. The van der Waals surface area contributed by atoms with Crippen molar-refractivity contribution in [1.29, 1.82) is 0 Å². The van der Waals surface area contributed by atoms with Gasteiger partial charge in [0, 0.05) is 38.6 Å². The van der Waals surface area contributed by atoms with E-state index in [1.54, 1.807) is 4.31 Å². The molecule has 0 unspecified atom stereocenters. The molecule has 0 aromatic heterocycles. The molecule has 2 aliphatic heterocycles. The minimum absolute atomic E-state index is 0.280. The maximum absolute atomic E-state index is 13.8. The van der Waals surface area contributed by atoms with Crippen LogP contribution >= 0.6 is 0 Å². The summed E-state index contributed by atoms with van der Waals surface area (Å²) in [6.07, 6.45) is 0. The average molecular weight is 447 g/mol. The van der Waals surface area contributed by atoms with Gasteiger partial charge in [0.05, 0.1) is 4.90 Å². The summed E-state index contributed by atoms with van der Waals surface area (Å²) < 4.78 is 29.3. The lowest BCUT2D eigenvalue weighted by molar-refractivity contribution is 0.293. The van der Waals surface area contributed by atoms with Gasteiger partial charge in [-0.15, -0.1) is 0 Å². The highest BCUT2D eigenvalue weighted by Gasteiger charge is 2.41. The van der Waals surface area contributed by atoms with Crippen molar-refractivity contribution in [3.8, 4) is 0 Å². The summed E-state index contributed by atoms with van der Waals surface area (Å²) in [7, 11) is -3.58. The number of sulfonamides is 1. The van der Waals surface area contributed by atoms with Crippen LogP contribution in [0.3, 0.4) is 0 Å². The van der Waals surface area contributed by atoms with Gasteiger partial charge in [-0.25, -0.2) is 8.42 Å². The summed E-state index contributed by atoms with van der Waals surface area (Å²) in [5.74, 6) is 0.635. The van der Waals surface area contributed by atoms with Crippen molar-refractivity contribution >= 4 is 10.0 Å². The molecule has 0 spiro atoms. The molecule has 0 aliphatic carbocycles. The van der Waals surface area contributed by atoms with Gasteiger partial charge in [-0.05, 0) is 53.6 Å². The lowest BCUT2D eigenvalue weighted by Gasteiger charge is -2.25. The van der Waals surface area contributed by atoms with Crippen LogP contribution in [-0.2, 0) is 23.1 Å². The van der Waals surface area contributed by atoms with Crippen molar-refractivity contribution in [1.82, 2.24) is 9.21 Å². The largest absolute Gasteiger partial charge is 0.298 e. The van der Waals surface area contributed by atoms with Gasteiger partial charge >= 0.3 is 0 Å². The average Bonchev–Trinajstić information content (AvgIpc) is 3.10. The van der Waals surface area contributed by atoms with Gasteiger partial charge in [0.1, 0.15) is 0 Å². The predicted molar refractivity (Wildman–Crippen MR) is 128 cm³/mol. The summed E-state index contributed by atoms with van der Waals surface area (Å²) in [6, 6.07) is 24.7. The molecule has 0 saturated carbocycles. The van der Waals surface area contributed by atoms with Gasteiger partial charge in [-0.1, -0.05) is 66.7 Å². The van der Waals surface area contributed by atoms with E-state index in [0.717, 1.165) is 36.3 Å². The van der Waals surface area contributed by atoms with Gasteiger partial charge in [-0.3, -0.25) is 4.90 Å². The van der Waals surface area contributed by atoms with E-state index in [0.29, 0.717) is 23.9 Å². The first-order valence-corrected chi connectivity index (χ1v) is 12.8. The number of nitrogens with zero attached hydrogens (tertiary/aromatic N) is 2. The molecule has 32 heavy (non-hydrogen) atoms. The van der Waals surface area contributed by atoms with E-state index in [1.807, 2.05) is 44.2 Å². The fourth-order valence-corrected chi connectivity index (χ4v) is 7.12. The Morgan fingerprint density at radius 2 is 1.62 bits per heavy atom. The second kappa shape index (κ2) is 8.47. The third kappa shape index (κ3) is 4.01. The number of benzene rings is 3. The summed E-state index contributed by atoms with van der Waals surface area (Å²) >= 11 is 0. The van der Waals surface area contributed by atoms with Crippen LogP contribution in [0, 0.1) is 19.8 Å². The molecular weight excluding hydrogens is 416 g/mol. The molecule has 0 amide bonds. The molecular formula is C27H30N2O2S. The molecule has 2 heterocycles. The van der Waals surface area contributed by atoms with Crippen molar-refractivity contribution in [2.24, 2.45) is 5.92 Å². The molecule has 166 valence electrons. The van der Waals surface area contributed by atoms with Crippen LogP contribution in [0.4, 0.5) is 0 Å². The molecule has 3 aromatic carbocycles. The molecule has 0 radical (unpaired) electrons. The van der Waals surface area contributed by atoms with Crippen molar-refractivity contribution < 1.29 is 8.42 Å². The van der Waals surface area contributed by atoms with Gasteiger partial charge in [0.15, 0.2) is 0 Å². The molecule has 5 rings (SSSR count). The summed E-state index contributed by atoms with van der Waals surface area (Å²) in [6.45, 7) is 7.61. The van der Waals surface area contributed by atoms with Crippen LogP contribution in [0.15, 0.2) is 77.7 Å². The van der Waals surface area contributed by atoms with Gasteiger partial charge in [0.2, 0.25) is 10.0 Å². The predicted octanol–water partition coefficient (Wildman–Crippen LogP) is 4.72. The Morgan fingerprint density at radius 1 is 0.875 bits per heavy atom. The standard InChI is InChI=1S/C27H30N2O2S/c1-20-12-13-21(2)27(14-20)32(30,31)29-17-23-10-6-7-11-25(23)26-19-28(16-24(26)18-29)15-22-8-4-3-5-9-22/h3-14,24,26H,15-19H2,1-2H3/t24-,26+/m0/s1. The maximum atomic E-state index is 13.8. The molecule has 5 heteroatoms. The Kier molecular flexibility index (Phi) is 5.66. The molecule has 0 bridgehead atoms. The van der Waals surface area contributed by atoms with E-state index in [9.17, 15) is 8.42 Å². The summed E-state index contributed by atoms with van der Waals surface area (Å²) in [5, 5.41) is 0. The highest BCUT2D eigenvalue weighted by Crippen LogP contribution is 2.40. The lowest BCUT2D eigenvalue weighted by atomic mass is 9.87. The number of hydrogen-bond acceptors (Lipinski definition) is 3. The Balaban J connectivity index is 1.49. The number of aryl methyl sites for hydroxylation is 2. The number of rotatable bonds is 4. The molecule has 1 fully saturated rings. The zero-order valence-electron chi connectivity index (χ0n) is 18.7. The topological polar surface area (TPSA) is 40.6 Å². The first-order chi connectivity index (χ1) is 15.4. The quantitative estimate of drug-likeness (QED) is 0.582. The van der Waals surface area contributed by atoms with Crippen molar-refractivity contribution in [2.45, 2.75) is 37.8 Å². The Bertz CT molecular complexity index is 1220. The van der Waals surface area contributed by atoms with E-state index in [-0.39, 0.29) is 5.92 Å². The molecule has 3 aromatic rings. The van der Waals surface area contributed by atoms with Crippen LogP contribution in [-0.4, -0.2) is 37.3 Å². The van der Waals surface area contributed by atoms with Crippen molar-refractivity contribution in [3.05, 3.63) is 101 Å².